The van der Waals surface area contributed by atoms with Crippen molar-refractivity contribution in [3.63, 3.8) is 0 Å². The molecule has 4 heterocycles. The highest BCUT2D eigenvalue weighted by Gasteiger charge is 2.28. The molecule has 1 saturated heterocycles. The van der Waals surface area contributed by atoms with E-state index < -0.39 is 0 Å². The highest BCUT2D eigenvalue weighted by Crippen LogP contribution is 2.25. The number of piperidine rings is 1. The second-order valence-corrected chi connectivity index (χ2v) is 6.07. The van der Waals surface area contributed by atoms with E-state index >= 15 is 0 Å². The topological polar surface area (TPSA) is 79.9 Å². The van der Waals surface area contributed by atoms with Crippen molar-refractivity contribution in [3.05, 3.63) is 60.6 Å². The molecule has 1 aliphatic heterocycles. The van der Waals surface area contributed by atoms with Gasteiger partial charge in [0, 0.05) is 43.8 Å². The van der Waals surface area contributed by atoms with Gasteiger partial charge in [-0.05, 0) is 25.0 Å². The molecule has 1 aliphatic rings. The molecule has 0 saturated carbocycles. The number of H-pyrrole nitrogens is 1. The summed E-state index contributed by atoms with van der Waals surface area (Å²) in [5, 5.41) is 0. The van der Waals surface area contributed by atoms with Crippen LogP contribution in [0.15, 0.2) is 47.7 Å². The number of hydrogen-bond donors (Lipinski definition) is 1. The number of carbonyl (C=O) groups excluding carboxylic acids is 1. The SMILES string of the molecule is O=C(c1ccc(Cn2ccnc2)o1)N1CCC[C@@H](c2ncc[nH]2)C1. The predicted molar refractivity (Wildman–Crippen MR) is 86.5 cm³/mol. The van der Waals surface area contributed by atoms with Crippen molar-refractivity contribution in [1.82, 2.24) is 24.4 Å². The molecule has 1 amide bonds. The van der Waals surface area contributed by atoms with Crippen molar-refractivity contribution >= 4 is 5.91 Å². The smallest absolute Gasteiger partial charge is 0.289 e. The Morgan fingerprint density at radius 2 is 2.33 bits per heavy atom. The molecular weight excluding hydrogens is 306 g/mol. The third-order valence-electron chi connectivity index (χ3n) is 4.38. The van der Waals surface area contributed by atoms with Gasteiger partial charge in [0.25, 0.3) is 5.91 Å². The highest BCUT2D eigenvalue weighted by molar-refractivity contribution is 5.91. The maximum absolute atomic E-state index is 12.7. The molecule has 0 bridgehead atoms. The summed E-state index contributed by atoms with van der Waals surface area (Å²) in [4.78, 5) is 26.1. The number of hydrogen-bond acceptors (Lipinski definition) is 4. The first-order valence-corrected chi connectivity index (χ1v) is 8.12. The van der Waals surface area contributed by atoms with Crippen LogP contribution >= 0.6 is 0 Å². The number of rotatable bonds is 4. The molecule has 3 aromatic heterocycles. The second kappa shape index (κ2) is 6.35. The van der Waals surface area contributed by atoms with Crippen molar-refractivity contribution < 1.29 is 9.21 Å². The van der Waals surface area contributed by atoms with Crippen molar-refractivity contribution in [1.29, 1.82) is 0 Å². The van der Waals surface area contributed by atoms with Crippen molar-refractivity contribution in [2.75, 3.05) is 13.1 Å². The van der Waals surface area contributed by atoms with Gasteiger partial charge in [-0.2, -0.15) is 0 Å². The fourth-order valence-electron chi connectivity index (χ4n) is 3.18. The van der Waals surface area contributed by atoms with E-state index in [1.807, 2.05) is 27.9 Å². The molecule has 0 radical (unpaired) electrons. The minimum atomic E-state index is -0.0527. The lowest BCUT2D eigenvalue weighted by atomic mass is 9.97. The number of nitrogens with one attached hydrogen (secondary N) is 1. The lowest BCUT2D eigenvalue weighted by Crippen LogP contribution is -2.39. The van der Waals surface area contributed by atoms with Crippen LogP contribution in [0.1, 0.15) is 40.9 Å². The Balaban J connectivity index is 1.44. The van der Waals surface area contributed by atoms with Crippen LogP contribution < -0.4 is 0 Å². The summed E-state index contributed by atoms with van der Waals surface area (Å²) >= 11 is 0. The zero-order valence-electron chi connectivity index (χ0n) is 13.3. The summed E-state index contributed by atoms with van der Waals surface area (Å²) in [5.41, 5.74) is 0. The standard InChI is InChI=1S/C17H19N5O2/c23-17(15-4-3-14(24-15)11-21-9-7-18-12-21)22-8-1-2-13(10-22)16-19-5-6-20-16/h3-7,9,12-13H,1-2,8,10-11H2,(H,19,20)/t13-/m1/s1. The average Bonchev–Trinajstić information content (AvgIpc) is 3.37. The number of aromatic amines is 1. The minimum absolute atomic E-state index is 0.0527. The van der Waals surface area contributed by atoms with E-state index in [0.717, 1.165) is 31.0 Å². The van der Waals surface area contributed by atoms with Gasteiger partial charge >= 0.3 is 0 Å². The molecule has 24 heavy (non-hydrogen) atoms. The lowest BCUT2D eigenvalue weighted by Gasteiger charge is -2.31. The molecule has 0 aromatic carbocycles. The summed E-state index contributed by atoms with van der Waals surface area (Å²) in [6.07, 6.45) is 10.9. The molecule has 7 nitrogen and oxygen atoms in total. The third-order valence-corrected chi connectivity index (χ3v) is 4.38. The maximum Gasteiger partial charge on any atom is 0.289 e. The van der Waals surface area contributed by atoms with E-state index in [9.17, 15) is 4.79 Å². The summed E-state index contributed by atoms with van der Waals surface area (Å²) < 4.78 is 7.64. The zero-order chi connectivity index (χ0) is 16.4. The van der Waals surface area contributed by atoms with Crippen LogP contribution in [0.3, 0.4) is 0 Å². The van der Waals surface area contributed by atoms with E-state index in [2.05, 4.69) is 15.0 Å². The van der Waals surface area contributed by atoms with Crippen LogP contribution in [0.2, 0.25) is 0 Å². The van der Waals surface area contributed by atoms with Crippen LogP contribution in [-0.4, -0.2) is 43.4 Å². The number of aromatic nitrogens is 4. The number of imidazole rings is 2. The molecule has 124 valence electrons. The number of likely N-dealkylation sites (tertiary alicyclic amines) is 1. The Morgan fingerprint density at radius 3 is 3.12 bits per heavy atom. The molecule has 1 atom stereocenters. The molecule has 1 fully saturated rings. The second-order valence-electron chi connectivity index (χ2n) is 6.07. The number of furan rings is 1. The Morgan fingerprint density at radius 1 is 1.38 bits per heavy atom. The highest BCUT2D eigenvalue weighted by atomic mass is 16.4. The van der Waals surface area contributed by atoms with Crippen LogP contribution in [0.25, 0.3) is 0 Å². The molecule has 3 aromatic rings. The van der Waals surface area contributed by atoms with Crippen LogP contribution in [0, 0.1) is 0 Å². The summed E-state index contributed by atoms with van der Waals surface area (Å²) in [6.45, 7) is 2.00. The molecule has 1 N–H and O–H groups in total. The lowest BCUT2D eigenvalue weighted by molar-refractivity contribution is 0.0670. The fourth-order valence-corrected chi connectivity index (χ4v) is 3.18. The van der Waals surface area contributed by atoms with E-state index in [-0.39, 0.29) is 11.8 Å². The average molecular weight is 325 g/mol. The van der Waals surface area contributed by atoms with E-state index in [1.165, 1.54) is 0 Å². The van der Waals surface area contributed by atoms with Gasteiger partial charge in [-0.3, -0.25) is 4.79 Å². The zero-order valence-corrected chi connectivity index (χ0v) is 13.3. The summed E-state index contributed by atoms with van der Waals surface area (Å²) in [6, 6.07) is 3.60. The Kier molecular flexibility index (Phi) is 3.90. The van der Waals surface area contributed by atoms with Gasteiger partial charge in [-0.1, -0.05) is 0 Å². The van der Waals surface area contributed by atoms with Gasteiger partial charge in [0.05, 0.1) is 12.9 Å². The number of carbonyl (C=O) groups is 1. The van der Waals surface area contributed by atoms with E-state index in [1.54, 1.807) is 24.8 Å². The number of nitrogens with zero attached hydrogens (tertiary/aromatic N) is 4. The maximum atomic E-state index is 12.7. The third kappa shape index (κ3) is 2.97. The Labute approximate surface area is 139 Å². The van der Waals surface area contributed by atoms with Gasteiger partial charge < -0.3 is 18.9 Å². The first kappa shape index (κ1) is 14.7. The predicted octanol–water partition coefficient (Wildman–Crippen LogP) is 2.27. The van der Waals surface area contributed by atoms with E-state index in [4.69, 9.17) is 4.42 Å². The van der Waals surface area contributed by atoms with Gasteiger partial charge in [0.1, 0.15) is 11.6 Å². The van der Waals surface area contributed by atoms with Crippen molar-refractivity contribution in [2.24, 2.45) is 0 Å². The first-order chi connectivity index (χ1) is 11.8. The van der Waals surface area contributed by atoms with Crippen molar-refractivity contribution in [3.8, 4) is 0 Å². The molecule has 0 unspecified atom stereocenters. The summed E-state index contributed by atoms with van der Waals surface area (Å²) in [5.74, 6) is 2.30. The van der Waals surface area contributed by atoms with Crippen molar-refractivity contribution in [2.45, 2.75) is 25.3 Å². The number of amides is 1. The molecular formula is C17H19N5O2. The van der Waals surface area contributed by atoms with Crippen LogP contribution in [0.5, 0.6) is 0 Å². The molecule has 4 rings (SSSR count). The van der Waals surface area contributed by atoms with Gasteiger partial charge in [0.15, 0.2) is 5.76 Å². The molecule has 0 aliphatic carbocycles. The van der Waals surface area contributed by atoms with Gasteiger partial charge in [-0.15, -0.1) is 0 Å². The van der Waals surface area contributed by atoms with Crippen LogP contribution in [0.4, 0.5) is 0 Å². The van der Waals surface area contributed by atoms with Gasteiger partial charge in [0.2, 0.25) is 0 Å². The van der Waals surface area contributed by atoms with E-state index in [0.29, 0.717) is 18.8 Å². The molecule has 7 heteroatoms. The fraction of sp³-hybridized carbons (Fsp3) is 0.353. The monoisotopic (exact) mass is 325 g/mol. The normalized spacial score (nSPS) is 18.0. The minimum Gasteiger partial charge on any atom is -0.454 e. The first-order valence-electron chi connectivity index (χ1n) is 8.12. The quantitative estimate of drug-likeness (QED) is 0.798. The Hall–Kier alpha value is -2.83. The molecule has 0 spiro atoms. The largest absolute Gasteiger partial charge is 0.454 e. The van der Waals surface area contributed by atoms with Crippen LogP contribution in [-0.2, 0) is 6.54 Å². The van der Waals surface area contributed by atoms with Gasteiger partial charge in [-0.25, -0.2) is 9.97 Å². The summed E-state index contributed by atoms with van der Waals surface area (Å²) in [7, 11) is 0. The Bertz CT molecular complexity index is 791.